The number of carbonyl (C=O) groups is 3. The van der Waals surface area contributed by atoms with Crippen LogP contribution in [-0.4, -0.2) is 48.5 Å². The largest absolute Gasteiger partial charge is 0.507 e. The van der Waals surface area contributed by atoms with Gasteiger partial charge in [-0.05, 0) is 36.4 Å². The SMILES string of the molecule is O=C(O)c1ccccc1O.O=C(O)c1ccccc1O.O=C(O)c1ccccc1O.[La]. The number of hydrogen-bond acceptors (Lipinski definition) is 6. The van der Waals surface area contributed by atoms with Crippen molar-refractivity contribution in [1.82, 2.24) is 0 Å². The molecule has 31 heavy (non-hydrogen) atoms. The Labute approximate surface area is 204 Å². The van der Waals surface area contributed by atoms with Gasteiger partial charge in [0.25, 0.3) is 0 Å². The fraction of sp³-hybridized carbons (Fsp3) is 0. The van der Waals surface area contributed by atoms with Gasteiger partial charge in [0.15, 0.2) is 0 Å². The monoisotopic (exact) mass is 553 g/mol. The van der Waals surface area contributed by atoms with Crippen molar-refractivity contribution in [3.05, 3.63) is 89.5 Å². The third-order valence-corrected chi connectivity index (χ3v) is 3.40. The molecule has 3 aromatic carbocycles. The van der Waals surface area contributed by atoms with Crippen LogP contribution in [0.3, 0.4) is 0 Å². The zero-order valence-corrected chi connectivity index (χ0v) is 19.5. The maximum atomic E-state index is 10.3. The third-order valence-electron chi connectivity index (χ3n) is 3.40. The van der Waals surface area contributed by atoms with Gasteiger partial charge in [-0.2, -0.15) is 0 Å². The van der Waals surface area contributed by atoms with Gasteiger partial charge in [0, 0.05) is 35.6 Å². The molecule has 1 radical (unpaired) electrons. The molecular weight excluding hydrogens is 535 g/mol. The number of aromatic hydroxyl groups is 3. The minimum absolute atomic E-state index is 0. The van der Waals surface area contributed by atoms with Crippen molar-refractivity contribution >= 4 is 17.9 Å². The Kier molecular flexibility index (Phi) is 12.3. The van der Waals surface area contributed by atoms with Gasteiger partial charge in [-0.1, -0.05) is 36.4 Å². The molecule has 0 saturated carbocycles. The Morgan fingerprint density at radius 2 is 0.645 bits per heavy atom. The molecule has 0 unspecified atom stereocenters. The summed E-state index contributed by atoms with van der Waals surface area (Å²) >= 11 is 0. The molecule has 6 N–H and O–H groups in total. The first-order chi connectivity index (χ1) is 14.1. The summed E-state index contributed by atoms with van der Waals surface area (Å²) in [4.78, 5) is 30.8. The standard InChI is InChI=1S/3C7H6O3.La/c3*8-6-4-2-1-3-5(6)7(9)10;/h3*1-4,8H,(H,9,10);. The Balaban J connectivity index is 0.000000429. The van der Waals surface area contributed by atoms with Crippen LogP contribution in [0.15, 0.2) is 72.8 Å². The smallest absolute Gasteiger partial charge is 0.339 e. The van der Waals surface area contributed by atoms with Crippen molar-refractivity contribution in [2.45, 2.75) is 0 Å². The van der Waals surface area contributed by atoms with Crippen LogP contribution in [0.1, 0.15) is 31.1 Å². The number of hydrogen-bond donors (Lipinski definition) is 6. The molecule has 3 rings (SSSR count). The van der Waals surface area contributed by atoms with Crippen LogP contribution >= 0.6 is 0 Å². The molecule has 0 atom stereocenters. The second-order valence-corrected chi connectivity index (χ2v) is 5.47. The van der Waals surface area contributed by atoms with Gasteiger partial charge < -0.3 is 30.6 Å². The van der Waals surface area contributed by atoms with Crippen LogP contribution in [0.4, 0.5) is 0 Å². The first-order valence-electron chi connectivity index (χ1n) is 8.19. The van der Waals surface area contributed by atoms with Crippen LogP contribution in [0.25, 0.3) is 0 Å². The van der Waals surface area contributed by atoms with Crippen molar-refractivity contribution in [2.24, 2.45) is 0 Å². The van der Waals surface area contributed by atoms with Gasteiger partial charge in [0.1, 0.15) is 33.9 Å². The molecule has 0 aliphatic heterocycles. The van der Waals surface area contributed by atoms with Gasteiger partial charge in [-0.25, -0.2) is 14.4 Å². The molecule has 0 aromatic heterocycles. The average Bonchev–Trinajstić information content (AvgIpc) is 2.69. The summed E-state index contributed by atoms with van der Waals surface area (Å²) < 4.78 is 0. The van der Waals surface area contributed by atoms with Crippen LogP contribution in [0.5, 0.6) is 17.2 Å². The minimum atomic E-state index is -1.11. The van der Waals surface area contributed by atoms with E-state index in [0.717, 1.165) is 0 Å². The second-order valence-electron chi connectivity index (χ2n) is 5.47. The van der Waals surface area contributed by atoms with Gasteiger partial charge in [0.05, 0.1) is 0 Å². The van der Waals surface area contributed by atoms with Crippen molar-refractivity contribution in [1.29, 1.82) is 0 Å². The molecule has 0 amide bonds. The summed E-state index contributed by atoms with van der Waals surface area (Å²) in [7, 11) is 0. The molecule has 0 aliphatic rings. The summed E-state index contributed by atoms with van der Waals surface area (Å²) in [6, 6.07) is 17.4. The van der Waals surface area contributed by atoms with Gasteiger partial charge in [0.2, 0.25) is 0 Å². The predicted molar refractivity (Wildman–Crippen MR) is 105 cm³/mol. The number of carboxylic acid groups (broad SMARTS) is 3. The first kappa shape index (κ1) is 27.7. The second kappa shape index (κ2) is 13.8. The van der Waals surface area contributed by atoms with Gasteiger partial charge >= 0.3 is 17.9 Å². The molecule has 9 nitrogen and oxygen atoms in total. The average molecular weight is 553 g/mol. The van der Waals surface area contributed by atoms with Crippen LogP contribution < -0.4 is 0 Å². The fourth-order valence-electron chi connectivity index (χ4n) is 1.96. The summed E-state index contributed by atoms with van der Waals surface area (Å²) in [5.74, 6) is -3.94. The van der Waals surface area contributed by atoms with Crippen LogP contribution in [0, 0.1) is 35.6 Å². The van der Waals surface area contributed by atoms with Crippen LogP contribution in [-0.2, 0) is 0 Å². The molecule has 0 fully saturated rings. The summed E-state index contributed by atoms with van der Waals surface area (Å²) in [6.45, 7) is 0. The molecule has 0 heterocycles. The minimum Gasteiger partial charge on any atom is -0.507 e. The molecule has 159 valence electrons. The number of carboxylic acids is 3. The third kappa shape index (κ3) is 9.34. The molecule has 3 aromatic rings. The zero-order chi connectivity index (χ0) is 22.7. The van der Waals surface area contributed by atoms with E-state index in [0.29, 0.717) is 0 Å². The van der Waals surface area contributed by atoms with E-state index < -0.39 is 17.9 Å². The molecule has 0 aliphatic carbocycles. The maximum Gasteiger partial charge on any atom is 0.339 e. The van der Waals surface area contributed by atoms with E-state index >= 15 is 0 Å². The van der Waals surface area contributed by atoms with Gasteiger partial charge in [-0.3, -0.25) is 0 Å². The van der Waals surface area contributed by atoms with Crippen molar-refractivity contribution in [2.75, 3.05) is 0 Å². The van der Waals surface area contributed by atoms with Crippen molar-refractivity contribution in [3.63, 3.8) is 0 Å². The van der Waals surface area contributed by atoms with E-state index in [9.17, 15) is 14.4 Å². The number of aromatic carboxylic acids is 3. The quantitative estimate of drug-likeness (QED) is 0.285. The Morgan fingerprint density at radius 3 is 0.774 bits per heavy atom. The van der Waals surface area contributed by atoms with E-state index in [1.165, 1.54) is 36.4 Å². The van der Waals surface area contributed by atoms with E-state index in [2.05, 4.69) is 0 Å². The molecular formula is C21H18LaO9. The van der Waals surface area contributed by atoms with E-state index in [-0.39, 0.29) is 69.5 Å². The predicted octanol–water partition coefficient (Wildman–Crippen LogP) is 3.27. The zero-order valence-electron chi connectivity index (χ0n) is 15.9. The van der Waals surface area contributed by atoms with Crippen LogP contribution in [0.2, 0.25) is 0 Å². The van der Waals surface area contributed by atoms with E-state index in [1.54, 1.807) is 36.4 Å². The molecule has 0 spiro atoms. The van der Waals surface area contributed by atoms with Crippen molar-refractivity contribution < 1.29 is 80.6 Å². The summed E-state index contributed by atoms with van der Waals surface area (Å²) in [5, 5.41) is 51.9. The first-order valence-corrected chi connectivity index (χ1v) is 8.19. The number of rotatable bonds is 3. The fourth-order valence-corrected chi connectivity index (χ4v) is 1.96. The van der Waals surface area contributed by atoms with E-state index in [4.69, 9.17) is 30.6 Å². The Bertz CT molecular complexity index is 903. The Morgan fingerprint density at radius 1 is 0.452 bits per heavy atom. The van der Waals surface area contributed by atoms with Crippen molar-refractivity contribution in [3.8, 4) is 17.2 Å². The number of phenols is 3. The molecule has 10 heteroatoms. The number of benzene rings is 3. The number of para-hydroxylation sites is 3. The Hall–Kier alpha value is -3.34. The molecule has 0 bridgehead atoms. The van der Waals surface area contributed by atoms with Gasteiger partial charge in [-0.15, -0.1) is 0 Å². The molecule has 0 saturated heterocycles. The summed E-state index contributed by atoms with van der Waals surface area (Å²) in [5.41, 5.74) is -0.201. The summed E-state index contributed by atoms with van der Waals surface area (Å²) in [6.07, 6.45) is 0. The maximum absolute atomic E-state index is 10.3. The van der Waals surface area contributed by atoms with E-state index in [1.807, 2.05) is 0 Å². The normalized spacial score (nSPS) is 8.90. The topological polar surface area (TPSA) is 173 Å².